The molecule has 0 radical (unpaired) electrons. The zero-order chi connectivity index (χ0) is 18.9. The van der Waals surface area contributed by atoms with Gasteiger partial charge in [0.1, 0.15) is 5.60 Å². The van der Waals surface area contributed by atoms with Crippen molar-refractivity contribution < 1.29 is 17.9 Å². The number of hydrogen-bond donors (Lipinski definition) is 2. The van der Waals surface area contributed by atoms with Gasteiger partial charge in [0.15, 0.2) is 0 Å². The van der Waals surface area contributed by atoms with Gasteiger partial charge in [0.05, 0.1) is 4.90 Å². The van der Waals surface area contributed by atoms with Gasteiger partial charge in [-0.1, -0.05) is 38.3 Å². The van der Waals surface area contributed by atoms with E-state index in [1.165, 1.54) is 0 Å². The van der Waals surface area contributed by atoms with Crippen molar-refractivity contribution in [2.45, 2.75) is 70.4 Å². The van der Waals surface area contributed by atoms with Crippen molar-refractivity contribution in [3.63, 3.8) is 0 Å². The number of carbonyl (C=O) groups excluding carboxylic acids is 1. The average Bonchev–Trinajstić information content (AvgIpc) is 2.51. The van der Waals surface area contributed by atoms with E-state index in [-0.39, 0.29) is 11.4 Å². The topological polar surface area (TPSA) is 84.5 Å². The summed E-state index contributed by atoms with van der Waals surface area (Å²) >= 11 is 0. The molecule has 6 nitrogen and oxygen atoms in total. The van der Waals surface area contributed by atoms with E-state index in [1.807, 2.05) is 0 Å². The maximum atomic E-state index is 12.2. The van der Waals surface area contributed by atoms with Crippen LogP contribution in [0, 0.1) is 0 Å². The summed E-state index contributed by atoms with van der Waals surface area (Å²) in [6.07, 6.45) is 3.59. The molecule has 0 aromatic heterocycles. The molecule has 0 spiro atoms. The van der Waals surface area contributed by atoms with E-state index in [0.717, 1.165) is 31.2 Å². The van der Waals surface area contributed by atoms with Crippen LogP contribution in [0.25, 0.3) is 0 Å². The van der Waals surface area contributed by atoms with Gasteiger partial charge < -0.3 is 10.1 Å². The predicted octanol–water partition coefficient (Wildman–Crippen LogP) is 3.57. The Morgan fingerprint density at radius 3 is 2.28 bits per heavy atom. The number of hydrogen-bond acceptors (Lipinski definition) is 4. The summed E-state index contributed by atoms with van der Waals surface area (Å²) in [5.41, 5.74) is 0.248. The number of ether oxygens (including phenoxy) is 1. The first-order chi connectivity index (χ1) is 11.6. The van der Waals surface area contributed by atoms with Gasteiger partial charge in [0.25, 0.3) is 0 Å². The van der Waals surface area contributed by atoms with Crippen LogP contribution in [-0.4, -0.2) is 26.7 Å². The zero-order valence-corrected chi connectivity index (χ0v) is 16.4. The highest BCUT2D eigenvalue weighted by Crippen LogP contribution is 2.11. The van der Waals surface area contributed by atoms with Gasteiger partial charge >= 0.3 is 6.09 Å². The van der Waals surface area contributed by atoms with Crippen molar-refractivity contribution >= 4 is 16.1 Å². The SMILES string of the molecule is CCCCCCNS(=O)(=O)c1ccc(CNC(=O)OC(C)(C)C)cc1. The molecule has 0 fully saturated rings. The van der Waals surface area contributed by atoms with Crippen molar-refractivity contribution in [3.8, 4) is 0 Å². The van der Waals surface area contributed by atoms with Crippen LogP contribution in [0.3, 0.4) is 0 Å². The third-order valence-corrected chi connectivity index (χ3v) is 4.87. The van der Waals surface area contributed by atoms with Crippen LogP contribution in [0.15, 0.2) is 29.2 Å². The number of alkyl carbamates (subject to hydrolysis) is 1. The van der Waals surface area contributed by atoms with Gasteiger partial charge in [0, 0.05) is 13.1 Å². The van der Waals surface area contributed by atoms with Crippen LogP contribution < -0.4 is 10.0 Å². The fourth-order valence-corrected chi connectivity index (χ4v) is 3.19. The second-order valence-corrected chi connectivity index (χ2v) is 8.72. The largest absolute Gasteiger partial charge is 0.444 e. The normalized spacial score (nSPS) is 12.0. The lowest BCUT2D eigenvalue weighted by Crippen LogP contribution is -2.32. The molecule has 1 aromatic rings. The Morgan fingerprint density at radius 1 is 1.08 bits per heavy atom. The van der Waals surface area contributed by atoms with Gasteiger partial charge in [-0.2, -0.15) is 0 Å². The van der Waals surface area contributed by atoms with Crippen LogP contribution in [0.4, 0.5) is 4.79 Å². The fraction of sp³-hybridized carbons (Fsp3) is 0.611. The van der Waals surface area contributed by atoms with E-state index in [9.17, 15) is 13.2 Å². The van der Waals surface area contributed by atoms with Crippen LogP contribution >= 0.6 is 0 Å². The number of benzene rings is 1. The minimum Gasteiger partial charge on any atom is -0.444 e. The van der Waals surface area contributed by atoms with Crippen molar-refractivity contribution in [1.29, 1.82) is 0 Å². The van der Waals surface area contributed by atoms with Crippen LogP contribution in [0.2, 0.25) is 0 Å². The van der Waals surface area contributed by atoms with E-state index in [1.54, 1.807) is 45.0 Å². The highest BCUT2D eigenvalue weighted by Gasteiger charge is 2.16. The first-order valence-corrected chi connectivity index (χ1v) is 10.2. The maximum absolute atomic E-state index is 12.2. The van der Waals surface area contributed by atoms with Crippen LogP contribution in [0.1, 0.15) is 58.9 Å². The van der Waals surface area contributed by atoms with E-state index in [2.05, 4.69) is 17.0 Å². The van der Waals surface area contributed by atoms with Crippen molar-refractivity contribution in [2.24, 2.45) is 0 Å². The molecule has 142 valence electrons. The minimum atomic E-state index is -3.48. The molecule has 0 aliphatic carbocycles. The monoisotopic (exact) mass is 370 g/mol. The van der Waals surface area contributed by atoms with E-state index >= 15 is 0 Å². The molecule has 0 atom stereocenters. The number of sulfonamides is 1. The minimum absolute atomic E-state index is 0.226. The molecule has 2 N–H and O–H groups in total. The summed E-state index contributed by atoms with van der Waals surface area (Å²) < 4.78 is 32.2. The summed E-state index contributed by atoms with van der Waals surface area (Å²) in [7, 11) is -3.48. The molecule has 0 saturated carbocycles. The van der Waals surface area contributed by atoms with Crippen molar-refractivity contribution in [2.75, 3.05) is 6.54 Å². The van der Waals surface area contributed by atoms with Crippen LogP contribution in [-0.2, 0) is 21.3 Å². The highest BCUT2D eigenvalue weighted by molar-refractivity contribution is 7.89. The summed E-state index contributed by atoms with van der Waals surface area (Å²) in [6.45, 7) is 8.22. The third kappa shape index (κ3) is 8.88. The number of amides is 1. The number of carbonyl (C=O) groups is 1. The lowest BCUT2D eigenvalue weighted by Gasteiger charge is -2.19. The molecule has 0 unspecified atom stereocenters. The molecule has 7 heteroatoms. The summed E-state index contributed by atoms with van der Waals surface area (Å²) in [6, 6.07) is 6.45. The standard InChI is InChI=1S/C18H30N2O4S/c1-5-6-7-8-13-20-25(22,23)16-11-9-15(10-12-16)14-19-17(21)24-18(2,3)4/h9-12,20H,5-8,13-14H2,1-4H3,(H,19,21). The van der Waals surface area contributed by atoms with Gasteiger partial charge in [-0.3, -0.25) is 0 Å². The predicted molar refractivity (Wildman–Crippen MR) is 98.8 cm³/mol. The van der Waals surface area contributed by atoms with E-state index < -0.39 is 21.7 Å². The molecule has 0 heterocycles. The molecule has 1 rings (SSSR count). The molecule has 25 heavy (non-hydrogen) atoms. The van der Waals surface area contributed by atoms with Gasteiger partial charge in [-0.05, 0) is 44.9 Å². The molecular formula is C18H30N2O4S. The summed E-state index contributed by atoms with van der Waals surface area (Å²) in [5.74, 6) is 0. The maximum Gasteiger partial charge on any atom is 0.407 e. The first-order valence-electron chi connectivity index (χ1n) is 8.69. The third-order valence-electron chi connectivity index (χ3n) is 3.39. The molecular weight excluding hydrogens is 340 g/mol. The Balaban J connectivity index is 2.50. The molecule has 0 bridgehead atoms. The van der Waals surface area contributed by atoms with Gasteiger partial charge in [0.2, 0.25) is 10.0 Å². The Labute approximate surface area is 151 Å². The molecule has 0 saturated heterocycles. The number of rotatable bonds is 9. The van der Waals surface area contributed by atoms with Crippen molar-refractivity contribution in [1.82, 2.24) is 10.0 Å². The Morgan fingerprint density at radius 2 is 1.72 bits per heavy atom. The fourth-order valence-electron chi connectivity index (χ4n) is 2.12. The lowest BCUT2D eigenvalue weighted by molar-refractivity contribution is 0.0523. The van der Waals surface area contributed by atoms with Gasteiger partial charge in [-0.15, -0.1) is 0 Å². The quantitative estimate of drug-likeness (QED) is 0.651. The molecule has 1 aromatic carbocycles. The average molecular weight is 371 g/mol. The second kappa shape index (κ2) is 9.77. The van der Waals surface area contributed by atoms with E-state index in [4.69, 9.17) is 4.74 Å². The van der Waals surface area contributed by atoms with E-state index in [0.29, 0.717) is 6.54 Å². The van der Waals surface area contributed by atoms with Crippen LogP contribution in [0.5, 0.6) is 0 Å². The Hall–Kier alpha value is -1.60. The molecule has 1 amide bonds. The molecule has 0 aliphatic heterocycles. The number of unbranched alkanes of at least 4 members (excludes halogenated alkanes) is 3. The number of nitrogens with one attached hydrogen (secondary N) is 2. The highest BCUT2D eigenvalue weighted by atomic mass is 32.2. The second-order valence-electron chi connectivity index (χ2n) is 6.96. The Kier molecular flexibility index (Phi) is 8.38. The van der Waals surface area contributed by atoms with Crippen molar-refractivity contribution in [3.05, 3.63) is 29.8 Å². The lowest BCUT2D eigenvalue weighted by atomic mass is 10.2. The smallest absolute Gasteiger partial charge is 0.407 e. The Bertz CT molecular complexity index is 634. The molecule has 0 aliphatic rings. The van der Waals surface area contributed by atoms with Gasteiger partial charge in [-0.25, -0.2) is 17.9 Å². The summed E-state index contributed by atoms with van der Waals surface area (Å²) in [4.78, 5) is 11.8. The first kappa shape index (κ1) is 21.4. The zero-order valence-electron chi connectivity index (χ0n) is 15.6. The summed E-state index contributed by atoms with van der Waals surface area (Å²) in [5, 5.41) is 2.64.